The highest BCUT2D eigenvalue weighted by atomic mass is 19.4. The van der Waals surface area contributed by atoms with E-state index >= 15 is 0 Å². The van der Waals surface area contributed by atoms with Crippen molar-refractivity contribution in [2.45, 2.75) is 19.6 Å². The number of fused-ring (bicyclic) bond motifs is 3. The van der Waals surface area contributed by atoms with Gasteiger partial charge in [0.15, 0.2) is 0 Å². The average Bonchev–Trinajstić information content (AvgIpc) is 3.13. The summed E-state index contributed by atoms with van der Waals surface area (Å²) in [5, 5.41) is 5.75. The molecule has 2 N–H and O–H groups in total. The summed E-state index contributed by atoms with van der Waals surface area (Å²) in [5.41, 5.74) is 7.32. The minimum Gasteiger partial charge on any atom is -0.382 e. The largest absolute Gasteiger partial charge is 0.417 e. The van der Waals surface area contributed by atoms with Gasteiger partial charge in [0.25, 0.3) is 5.91 Å². The van der Waals surface area contributed by atoms with E-state index in [2.05, 4.69) is 15.1 Å². The number of amides is 1. The molecular weight excluding hydrogens is 409 g/mol. The second-order valence-electron chi connectivity index (χ2n) is 7.11. The second-order valence-corrected chi connectivity index (χ2v) is 7.11. The number of hydrogen-bond donors (Lipinski definition) is 1. The Balaban J connectivity index is 1.65. The van der Waals surface area contributed by atoms with Gasteiger partial charge in [0.2, 0.25) is 0 Å². The Morgan fingerprint density at radius 3 is 2.58 bits per heavy atom. The fourth-order valence-electron chi connectivity index (χ4n) is 3.49. The molecule has 1 amide bonds. The minimum absolute atomic E-state index is 0.0911. The zero-order valence-electron chi connectivity index (χ0n) is 16.8. The molecule has 0 unspecified atom stereocenters. The van der Waals surface area contributed by atoms with Crippen LogP contribution in [0.1, 0.15) is 28.5 Å². The molecule has 0 fully saturated rings. The van der Waals surface area contributed by atoms with E-state index in [1.165, 1.54) is 11.0 Å². The van der Waals surface area contributed by atoms with Crippen LogP contribution in [0.5, 0.6) is 0 Å². The van der Waals surface area contributed by atoms with E-state index in [-0.39, 0.29) is 12.5 Å². The predicted octanol–water partition coefficient (Wildman–Crippen LogP) is 3.78. The van der Waals surface area contributed by atoms with Gasteiger partial charge in [-0.05, 0) is 37.3 Å². The van der Waals surface area contributed by atoms with Crippen molar-refractivity contribution in [2.24, 2.45) is 7.05 Å². The molecule has 0 saturated heterocycles. The topological polar surface area (TPSA) is 89.9 Å². The fourth-order valence-corrected chi connectivity index (χ4v) is 3.49. The minimum atomic E-state index is -4.45. The van der Waals surface area contributed by atoms with Crippen LogP contribution in [0.25, 0.3) is 21.8 Å². The van der Waals surface area contributed by atoms with Crippen LogP contribution in [0.4, 0.5) is 19.0 Å². The van der Waals surface area contributed by atoms with E-state index in [4.69, 9.17) is 5.73 Å². The van der Waals surface area contributed by atoms with E-state index < -0.39 is 11.7 Å². The Morgan fingerprint density at radius 2 is 1.94 bits per heavy atom. The molecule has 1 aromatic carbocycles. The van der Waals surface area contributed by atoms with E-state index in [1.54, 1.807) is 43.0 Å². The number of aryl methyl sites for hydroxylation is 1. The summed E-state index contributed by atoms with van der Waals surface area (Å²) >= 11 is 0. The van der Waals surface area contributed by atoms with Gasteiger partial charge >= 0.3 is 6.18 Å². The Bertz CT molecular complexity index is 1280. The first-order valence-corrected chi connectivity index (χ1v) is 9.51. The lowest BCUT2D eigenvalue weighted by Gasteiger charge is -2.21. The third-order valence-corrected chi connectivity index (χ3v) is 5.13. The summed E-state index contributed by atoms with van der Waals surface area (Å²) in [6, 6.07) is 7.35. The van der Waals surface area contributed by atoms with E-state index in [9.17, 15) is 18.0 Å². The third-order valence-electron chi connectivity index (χ3n) is 5.13. The molecule has 0 aliphatic rings. The van der Waals surface area contributed by atoms with Gasteiger partial charge < -0.3 is 10.6 Å². The Hall–Kier alpha value is -3.69. The van der Waals surface area contributed by atoms with Gasteiger partial charge in [-0.25, -0.2) is 4.98 Å². The molecule has 7 nitrogen and oxygen atoms in total. The van der Waals surface area contributed by atoms with Crippen molar-refractivity contribution in [3.63, 3.8) is 0 Å². The van der Waals surface area contributed by atoms with Crippen LogP contribution in [0.15, 0.2) is 42.7 Å². The van der Waals surface area contributed by atoms with Crippen LogP contribution in [0.2, 0.25) is 0 Å². The summed E-state index contributed by atoms with van der Waals surface area (Å²) in [6.45, 7) is 2.25. The number of halogens is 3. The van der Waals surface area contributed by atoms with Gasteiger partial charge in [-0.15, -0.1) is 0 Å². The van der Waals surface area contributed by atoms with Crippen LogP contribution in [-0.2, 0) is 19.8 Å². The van der Waals surface area contributed by atoms with E-state index in [0.717, 1.165) is 23.0 Å². The van der Waals surface area contributed by atoms with Crippen LogP contribution < -0.4 is 5.73 Å². The Labute approximate surface area is 175 Å². The van der Waals surface area contributed by atoms with E-state index in [0.29, 0.717) is 34.7 Å². The average molecular weight is 428 g/mol. The molecule has 0 atom stereocenters. The van der Waals surface area contributed by atoms with Crippen molar-refractivity contribution in [1.29, 1.82) is 0 Å². The molecule has 0 aliphatic heterocycles. The molecule has 0 bridgehead atoms. The molecule has 4 aromatic rings. The number of nitrogen functional groups attached to an aromatic ring is 1. The first-order chi connectivity index (χ1) is 14.7. The number of benzene rings is 1. The maximum Gasteiger partial charge on any atom is 0.417 e. The number of anilines is 1. The van der Waals surface area contributed by atoms with Crippen molar-refractivity contribution >= 4 is 33.5 Å². The number of aromatic nitrogens is 4. The third kappa shape index (κ3) is 3.76. The first kappa shape index (κ1) is 20.6. The predicted molar refractivity (Wildman–Crippen MR) is 110 cm³/mol. The molecule has 0 aliphatic carbocycles. The van der Waals surface area contributed by atoms with Gasteiger partial charge in [0.05, 0.1) is 29.5 Å². The van der Waals surface area contributed by atoms with Gasteiger partial charge in [-0.2, -0.15) is 18.3 Å². The maximum absolute atomic E-state index is 13.1. The first-order valence-electron chi connectivity index (χ1n) is 9.51. The van der Waals surface area contributed by atoms with Crippen molar-refractivity contribution in [1.82, 2.24) is 24.6 Å². The maximum atomic E-state index is 13.1. The van der Waals surface area contributed by atoms with Crippen molar-refractivity contribution in [2.75, 3.05) is 12.3 Å². The highest BCUT2D eigenvalue weighted by Gasteiger charge is 2.30. The second kappa shape index (κ2) is 7.53. The smallest absolute Gasteiger partial charge is 0.382 e. The van der Waals surface area contributed by atoms with Crippen LogP contribution >= 0.6 is 0 Å². The number of carbonyl (C=O) groups is 1. The molecule has 0 radical (unpaired) electrons. The molecule has 0 spiro atoms. The van der Waals surface area contributed by atoms with Crippen molar-refractivity contribution in [3.05, 3.63) is 59.5 Å². The monoisotopic (exact) mass is 428 g/mol. The SMILES string of the molecule is CCN(Cc1ccc(C(F)(F)F)cn1)C(=O)c1ccc2nc(N)c3c(cnn3C)c2c1. The summed E-state index contributed by atoms with van der Waals surface area (Å²) in [4.78, 5) is 22.9. The molecule has 4 rings (SSSR count). The van der Waals surface area contributed by atoms with Crippen molar-refractivity contribution < 1.29 is 18.0 Å². The number of pyridine rings is 2. The molecule has 3 aromatic heterocycles. The Morgan fingerprint density at radius 1 is 1.16 bits per heavy atom. The molecule has 10 heteroatoms. The molecule has 160 valence electrons. The standard InChI is InChI=1S/C21H19F3N6O/c1-3-30(11-14-6-5-13(9-26-14)21(22,23)24)20(31)12-4-7-17-15(8-12)16-10-27-29(2)18(16)19(25)28-17/h4-10H,3,11H2,1-2H3,(H2,25,28). The zero-order valence-corrected chi connectivity index (χ0v) is 16.8. The van der Waals surface area contributed by atoms with Gasteiger partial charge in [-0.3, -0.25) is 14.5 Å². The van der Waals surface area contributed by atoms with Crippen LogP contribution in [0.3, 0.4) is 0 Å². The highest BCUT2D eigenvalue weighted by Crippen LogP contribution is 2.29. The quantitative estimate of drug-likeness (QED) is 0.534. The van der Waals surface area contributed by atoms with Gasteiger partial charge in [-0.1, -0.05) is 0 Å². The van der Waals surface area contributed by atoms with Crippen molar-refractivity contribution in [3.8, 4) is 0 Å². The lowest BCUT2D eigenvalue weighted by Crippen LogP contribution is -2.30. The Kier molecular flexibility index (Phi) is 5.00. The fraction of sp³-hybridized carbons (Fsp3) is 0.238. The molecule has 31 heavy (non-hydrogen) atoms. The highest BCUT2D eigenvalue weighted by molar-refractivity contribution is 6.10. The number of alkyl halides is 3. The van der Waals surface area contributed by atoms with Gasteiger partial charge in [0.1, 0.15) is 11.3 Å². The summed E-state index contributed by atoms with van der Waals surface area (Å²) < 4.78 is 39.8. The van der Waals surface area contributed by atoms with E-state index in [1.807, 2.05) is 0 Å². The van der Waals surface area contributed by atoms with Crippen LogP contribution in [0, 0.1) is 0 Å². The number of nitrogens with zero attached hydrogens (tertiary/aromatic N) is 5. The number of hydrogen-bond acceptors (Lipinski definition) is 5. The number of rotatable bonds is 4. The molecule has 3 heterocycles. The summed E-state index contributed by atoms with van der Waals surface area (Å²) in [5.74, 6) is 0.0881. The zero-order chi connectivity index (χ0) is 22.3. The molecule has 0 saturated carbocycles. The van der Waals surface area contributed by atoms with Gasteiger partial charge in [0, 0.05) is 36.1 Å². The lowest BCUT2D eigenvalue weighted by molar-refractivity contribution is -0.137. The normalized spacial score (nSPS) is 11.9. The van der Waals surface area contributed by atoms with Crippen LogP contribution in [-0.4, -0.2) is 37.1 Å². The number of carbonyl (C=O) groups excluding carboxylic acids is 1. The summed E-state index contributed by atoms with van der Waals surface area (Å²) in [7, 11) is 1.76. The molecular formula is C21H19F3N6O. The lowest BCUT2D eigenvalue weighted by atomic mass is 10.1. The summed E-state index contributed by atoms with van der Waals surface area (Å²) in [6.07, 6.45) is -2.00. The number of nitrogens with two attached hydrogens (primary N) is 1.